The Morgan fingerprint density at radius 2 is 1.77 bits per heavy atom. The highest BCUT2D eigenvalue weighted by Crippen LogP contribution is 2.38. The minimum Gasteiger partial charge on any atom is -0.437 e. The topological polar surface area (TPSA) is 63.9 Å². The molecule has 2 aromatic heterocycles. The molecule has 0 atom stereocenters. The third-order valence-electron chi connectivity index (χ3n) is 4.62. The van der Waals surface area contributed by atoms with Crippen LogP contribution in [0.3, 0.4) is 0 Å². The van der Waals surface area contributed by atoms with Gasteiger partial charge in [0.1, 0.15) is 11.3 Å². The lowest BCUT2D eigenvalue weighted by Crippen LogP contribution is -2.17. The lowest BCUT2D eigenvalue weighted by molar-refractivity contribution is -0.274. The smallest absolute Gasteiger partial charge is 0.437 e. The Morgan fingerprint density at radius 3 is 2.42 bits per heavy atom. The number of H-pyrrole nitrogens is 1. The monoisotopic (exact) mass is 449 g/mol. The first kappa shape index (κ1) is 21.2. The van der Waals surface area contributed by atoms with Crippen LogP contribution in [0.25, 0.3) is 33.7 Å². The third kappa shape index (κ3) is 4.25. The molecule has 0 radical (unpaired) electrons. The van der Waals surface area contributed by atoms with E-state index in [4.69, 9.17) is 16.0 Å². The van der Waals surface area contributed by atoms with E-state index in [-0.39, 0.29) is 21.8 Å². The Kier molecular flexibility index (Phi) is 5.00. The van der Waals surface area contributed by atoms with Gasteiger partial charge in [-0.05, 0) is 30.7 Å². The van der Waals surface area contributed by atoms with E-state index in [9.17, 15) is 13.2 Å². The maximum atomic E-state index is 12.8. The molecular formula is C22H19ClF3N3O2. The van der Waals surface area contributed by atoms with Gasteiger partial charge in [0, 0.05) is 11.0 Å². The highest BCUT2D eigenvalue weighted by Gasteiger charge is 2.32. The summed E-state index contributed by atoms with van der Waals surface area (Å²) >= 11 is 6.42. The standard InChI is InChI=1S/C22H19ClF3N3O2/c1-11-18(30-20(27-11)21(2,3)4)19-28-15-10-12(9-14(23)17(15)29-19)13-7-5-6-8-16(13)31-22(24,25)26/h5-10H,1-4H3,(H,28,29). The Labute approximate surface area is 181 Å². The largest absolute Gasteiger partial charge is 0.573 e. The second-order valence-corrected chi connectivity index (χ2v) is 8.57. The van der Waals surface area contributed by atoms with Gasteiger partial charge >= 0.3 is 6.36 Å². The quantitative estimate of drug-likeness (QED) is 0.364. The van der Waals surface area contributed by atoms with Crippen LogP contribution in [-0.4, -0.2) is 21.3 Å². The fraction of sp³-hybridized carbons (Fsp3) is 0.273. The van der Waals surface area contributed by atoms with Gasteiger partial charge in [-0.15, -0.1) is 13.2 Å². The van der Waals surface area contributed by atoms with E-state index >= 15 is 0 Å². The highest BCUT2D eigenvalue weighted by atomic mass is 35.5. The predicted molar refractivity (Wildman–Crippen MR) is 112 cm³/mol. The van der Waals surface area contributed by atoms with E-state index in [1.54, 1.807) is 18.2 Å². The van der Waals surface area contributed by atoms with E-state index in [0.29, 0.717) is 39.8 Å². The maximum absolute atomic E-state index is 12.8. The Bertz CT molecular complexity index is 1270. The fourth-order valence-electron chi connectivity index (χ4n) is 3.19. The molecule has 0 saturated carbocycles. The number of imidazole rings is 1. The SMILES string of the molecule is Cc1nc(C(C)(C)C)oc1-c1nc2c(Cl)cc(-c3ccccc3OC(F)(F)F)cc2[nH]1. The molecule has 162 valence electrons. The number of nitrogens with one attached hydrogen (secondary N) is 1. The number of ether oxygens (including phenoxy) is 1. The van der Waals surface area contributed by atoms with Crippen molar-refractivity contribution in [1.82, 2.24) is 15.0 Å². The number of aromatic amines is 1. The summed E-state index contributed by atoms with van der Waals surface area (Å²) in [4.78, 5) is 12.1. The lowest BCUT2D eigenvalue weighted by Gasteiger charge is -2.13. The van der Waals surface area contributed by atoms with E-state index in [2.05, 4.69) is 19.7 Å². The molecular weight excluding hydrogens is 431 g/mol. The number of rotatable bonds is 3. The van der Waals surface area contributed by atoms with Gasteiger partial charge in [-0.1, -0.05) is 50.6 Å². The summed E-state index contributed by atoms with van der Waals surface area (Å²) in [6.45, 7) is 7.79. The van der Waals surface area contributed by atoms with E-state index in [1.165, 1.54) is 18.2 Å². The molecule has 1 N–H and O–H groups in total. The van der Waals surface area contributed by atoms with Gasteiger partial charge in [-0.2, -0.15) is 0 Å². The number of fused-ring (bicyclic) bond motifs is 1. The van der Waals surface area contributed by atoms with Gasteiger partial charge in [0.2, 0.25) is 5.89 Å². The van der Waals surface area contributed by atoms with Gasteiger partial charge in [0.15, 0.2) is 11.6 Å². The minimum atomic E-state index is -4.81. The molecule has 0 fully saturated rings. The van der Waals surface area contributed by atoms with Gasteiger partial charge in [0.05, 0.1) is 16.2 Å². The van der Waals surface area contributed by atoms with Crippen LogP contribution in [0.2, 0.25) is 5.02 Å². The van der Waals surface area contributed by atoms with Crippen LogP contribution in [0.5, 0.6) is 5.75 Å². The molecule has 31 heavy (non-hydrogen) atoms. The molecule has 4 aromatic rings. The number of nitrogens with zero attached hydrogens (tertiary/aromatic N) is 2. The number of hydrogen-bond acceptors (Lipinski definition) is 4. The van der Waals surface area contributed by atoms with Crippen molar-refractivity contribution in [2.24, 2.45) is 0 Å². The number of aromatic nitrogens is 3. The zero-order chi connectivity index (χ0) is 22.6. The van der Waals surface area contributed by atoms with Crippen LogP contribution >= 0.6 is 11.6 Å². The number of alkyl halides is 3. The summed E-state index contributed by atoms with van der Waals surface area (Å²) in [5, 5.41) is 0.282. The summed E-state index contributed by atoms with van der Waals surface area (Å²) in [5.41, 5.74) is 2.13. The first-order chi connectivity index (χ1) is 14.4. The van der Waals surface area contributed by atoms with Gasteiger partial charge in [0.25, 0.3) is 0 Å². The molecule has 9 heteroatoms. The number of aryl methyl sites for hydroxylation is 1. The molecule has 0 unspecified atom stereocenters. The van der Waals surface area contributed by atoms with Crippen LogP contribution in [0.1, 0.15) is 32.4 Å². The summed E-state index contributed by atoms with van der Waals surface area (Å²) in [5.74, 6) is 1.19. The van der Waals surface area contributed by atoms with Gasteiger partial charge < -0.3 is 14.1 Å². The molecule has 4 rings (SSSR count). The van der Waals surface area contributed by atoms with Crippen molar-refractivity contribution < 1.29 is 22.3 Å². The molecule has 0 amide bonds. The van der Waals surface area contributed by atoms with E-state index in [1.807, 2.05) is 27.7 Å². The molecule has 2 heterocycles. The molecule has 0 aliphatic heterocycles. The first-order valence-electron chi connectivity index (χ1n) is 9.45. The normalized spacial score (nSPS) is 12.5. The zero-order valence-electron chi connectivity index (χ0n) is 17.2. The van der Waals surface area contributed by atoms with Crippen LogP contribution < -0.4 is 4.74 Å². The Hall–Kier alpha value is -3.00. The summed E-state index contributed by atoms with van der Waals surface area (Å²) in [6.07, 6.45) is -4.81. The van der Waals surface area contributed by atoms with Gasteiger partial charge in [-0.25, -0.2) is 9.97 Å². The van der Waals surface area contributed by atoms with Crippen molar-refractivity contribution in [3.05, 3.63) is 53.0 Å². The number of halogens is 4. The van der Waals surface area contributed by atoms with Crippen molar-refractivity contribution in [2.45, 2.75) is 39.5 Å². The predicted octanol–water partition coefficient (Wildman–Crippen LogP) is 7.04. The van der Waals surface area contributed by atoms with Gasteiger partial charge in [-0.3, -0.25) is 0 Å². The molecule has 2 aromatic carbocycles. The fourth-order valence-corrected chi connectivity index (χ4v) is 3.46. The molecule has 0 saturated heterocycles. The number of para-hydroxylation sites is 1. The molecule has 0 bridgehead atoms. The molecule has 0 aliphatic carbocycles. The Balaban J connectivity index is 1.81. The number of oxazole rings is 1. The second kappa shape index (κ2) is 7.30. The lowest BCUT2D eigenvalue weighted by atomic mass is 9.97. The summed E-state index contributed by atoms with van der Waals surface area (Å²) < 4.78 is 48.5. The molecule has 0 aliphatic rings. The number of benzene rings is 2. The summed E-state index contributed by atoms with van der Waals surface area (Å²) in [6, 6.07) is 9.12. The van der Waals surface area contributed by atoms with Crippen molar-refractivity contribution in [2.75, 3.05) is 0 Å². The van der Waals surface area contributed by atoms with Crippen molar-refractivity contribution >= 4 is 22.6 Å². The van der Waals surface area contributed by atoms with Crippen LogP contribution in [0, 0.1) is 6.92 Å². The second-order valence-electron chi connectivity index (χ2n) is 8.17. The van der Waals surface area contributed by atoms with Crippen molar-refractivity contribution in [3.8, 4) is 28.5 Å². The van der Waals surface area contributed by atoms with Crippen molar-refractivity contribution in [1.29, 1.82) is 0 Å². The zero-order valence-corrected chi connectivity index (χ0v) is 17.9. The Morgan fingerprint density at radius 1 is 1.06 bits per heavy atom. The minimum absolute atomic E-state index is 0.255. The number of hydrogen-bond donors (Lipinski definition) is 1. The average Bonchev–Trinajstić information content (AvgIpc) is 3.24. The molecule has 0 spiro atoms. The van der Waals surface area contributed by atoms with Crippen LogP contribution in [0.4, 0.5) is 13.2 Å². The first-order valence-corrected chi connectivity index (χ1v) is 9.83. The summed E-state index contributed by atoms with van der Waals surface area (Å²) in [7, 11) is 0. The van der Waals surface area contributed by atoms with E-state index < -0.39 is 6.36 Å². The molecule has 5 nitrogen and oxygen atoms in total. The highest BCUT2D eigenvalue weighted by molar-refractivity contribution is 6.35. The van der Waals surface area contributed by atoms with Crippen molar-refractivity contribution in [3.63, 3.8) is 0 Å². The average molecular weight is 450 g/mol. The van der Waals surface area contributed by atoms with E-state index in [0.717, 1.165) is 0 Å². The van der Waals surface area contributed by atoms with Crippen LogP contribution in [-0.2, 0) is 5.41 Å². The maximum Gasteiger partial charge on any atom is 0.573 e. The third-order valence-corrected chi connectivity index (χ3v) is 4.91. The van der Waals surface area contributed by atoms with Crippen LogP contribution in [0.15, 0.2) is 40.8 Å².